The molecular weight excluding hydrogens is 148 g/mol. The molecule has 0 amide bonds. The second-order valence-corrected chi connectivity index (χ2v) is 4.44. The maximum Gasteiger partial charge on any atom is 0.0568 e. The third-order valence-electron chi connectivity index (χ3n) is 3.34. The van der Waals surface area contributed by atoms with Crippen molar-refractivity contribution in [2.45, 2.75) is 60.0 Å². The van der Waals surface area contributed by atoms with Crippen molar-refractivity contribution < 1.29 is 5.11 Å². The van der Waals surface area contributed by atoms with Gasteiger partial charge in [0.1, 0.15) is 0 Å². The Balaban J connectivity index is 4.19. The first kappa shape index (κ1) is 12.0. The first-order chi connectivity index (χ1) is 5.45. The van der Waals surface area contributed by atoms with E-state index >= 15 is 0 Å². The Morgan fingerprint density at radius 2 is 1.75 bits per heavy atom. The first-order valence-corrected chi connectivity index (χ1v) is 5.13. The summed E-state index contributed by atoms with van der Waals surface area (Å²) in [5.41, 5.74) is 0.107. The lowest BCUT2D eigenvalue weighted by Gasteiger charge is -2.36. The fraction of sp³-hybridized carbons (Fsp3) is 1.00. The minimum absolute atomic E-state index is 0.107. The Morgan fingerprint density at radius 1 is 1.25 bits per heavy atom. The van der Waals surface area contributed by atoms with Gasteiger partial charge in [0, 0.05) is 0 Å². The van der Waals surface area contributed by atoms with E-state index in [-0.39, 0.29) is 11.5 Å². The molecule has 74 valence electrons. The fourth-order valence-electron chi connectivity index (χ4n) is 1.54. The van der Waals surface area contributed by atoms with Gasteiger partial charge in [0.2, 0.25) is 0 Å². The van der Waals surface area contributed by atoms with Crippen molar-refractivity contribution in [3.05, 3.63) is 0 Å². The second kappa shape index (κ2) is 4.86. The topological polar surface area (TPSA) is 20.2 Å². The minimum Gasteiger partial charge on any atom is -0.393 e. The lowest BCUT2D eigenvalue weighted by molar-refractivity contribution is 0.00818. The lowest BCUT2D eigenvalue weighted by Crippen LogP contribution is -2.35. The monoisotopic (exact) mass is 172 g/mol. The van der Waals surface area contributed by atoms with Crippen molar-refractivity contribution in [2.75, 3.05) is 0 Å². The zero-order chi connectivity index (χ0) is 9.78. The Hall–Kier alpha value is -0.0400. The van der Waals surface area contributed by atoms with Crippen molar-refractivity contribution in [3.63, 3.8) is 0 Å². The van der Waals surface area contributed by atoms with E-state index in [1.165, 1.54) is 12.8 Å². The molecule has 1 nitrogen and oxygen atoms in total. The van der Waals surface area contributed by atoms with E-state index in [0.717, 1.165) is 6.42 Å². The van der Waals surface area contributed by atoms with Gasteiger partial charge < -0.3 is 5.11 Å². The van der Waals surface area contributed by atoms with Crippen LogP contribution in [0.3, 0.4) is 0 Å². The van der Waals surface area contributed by atoms with Crippen LogP contribution < -0.4 is 0 Å². The zero-order valence-electron chi connectivity index (χ0n) is 9.22. The average Bonchev–Trinajstić information content (AvgIpc) is 1.99. The largest absolute Gasteiger partial charge is 0.393 e. The van der Waals surface area contributed by atoms with E-state index in [1.54, 1.807) is 0 Å². The average molecular weight is 172 g/mol. The highest BCUT2D eigenvalue weighted by Gasteiger charge is 2.32. The van der Waals surface area contributed by atoms with Gasteiger partial charge in [-0.2, -0.15) is 0 Å². The molecule has 12 heavy (non-hydrogen) atoms. The van der Waals surface area contributed by atoms with Crippen LogP contribution in [0, 0.1) is 11.3 Å². The summed E-state index contributed by atoms with van der Waals surface area (Å²) in [6, 6.07) is 0. The zero-order valence-corrected chi connectivity index (χ0v) is 9.22. The smallest absolute Gasteiger partial charge is 0.0568 e. The van der Waals surface area contributed by atoms with Gasteiger partial charge in [-0.15, -0.1) is 0 Å². The number of rotatable bonds is 5. The highest BCUT2D eigenvalue weighted by Crippen LogP contribution is 2.36. The van der Waals surface area contributed by atoms with Gasteiger partial charge in [0.15, 0.2) is 0 Å². The maximum absolute atomic E-state index is 9.67. The Morgan fingerprint density at radius 3 is 2.00 bits per heavy atom. The normalized spacial score (nSPS) is 19.2. The summed E-state index contributed by atoms with van der Waals surface area (Å²) in [7, 11) is 0. The van der Waals surface area contributed by atoms with Gasteiger partial charge in [-0.1, -0.05) is 40.5 Å². The van der Waals surface area contributed by atoms with Gasteiger partial charge in [0.25, 0.3) is 0 Å². The van der Waals surface area contributed by atoms with E-state index in [4.69, 9.17) is 0 Å². The molecular formula is C11H24O. The SMILES string of the molecule is CCCC[C@](C)(C(C)C)C(C)O. The summed E-state index contributed by atoms with van der Waals surface area (Å²) < 4.78 is 0. The van der Waals surface area contributed by atoms with Gasteiger partial charge in [-0.25, -0.2) is 0 Å². The Bertz CT molecular complexity index is 108. The predicted molar refractivity (Wildman–Crippen MR) is 54.2 cm³/mol. The Kier molecular flexibility index (Phi) is 4.84. The summed E-state index contributed by atoms with van der Waals surface area (Å²) in [4.78, 5) is 0. The first-order valence-electron chi connectivity index (χ1n) is 5.13. The van der Waals surface area contributed by atoms with E-state index in [0.29, 0.717) is 5.92 Å². The second-order valence-electron chi connectivity index (χ2n) is 4.44. The summed E-state index contributed by atoms with van der Waals surface area (Å²) in [5.74, 6) is 0.559. The minimum atomic E-state index is -0.191. The molecule has 0 heterocycles. The van der Waals surface area contributed by atoms with Gasteiger partial charge in [-0.3, -0.25) is 0 Å². The molecule has 0 aliphatic heterocycles. The van der Waals surface area contributed by atoms with Crippen LogP contribution in [0.15, 0.2) is 0 Å². The molecule has 0 bridgehead atoms. The highest BCUT2D eigenvalue weighted by atomic mass is 16.3. The summed E-state index contributed by atoms with van der Waals surface area (Å²) in [6.45, 7) is 10.7. The van der Waals surface area contributed by atoms with E-state index in [2.05, 4.69) is 27.7 Å². The van der Waals surface area contributed by atoms with Crippen LogP contribution in [0.4, 0.5) is 0 Å². The third kappa shape index (κ3) is 2.78. The third-order valence-corrected chi connectivity index (χ3v) is 3.34. The molecule has 0 aromatic carbocycles. The molecule has 0 saturated heterocycles. The molecule has 0 aliphatic carbocycles. The van der Waals surface area contributed by atoms with Crippen molar-refractivity contribution in [3.8, 4) is 0 Å². The van der Waals surface area contributed by atoms with Crippen molar-refractivity contribution in [1.82, 2.24) is 0 Å². The number of hydrogen-bond acceptors (Lipinski definition) is 1. The Labute approximate surface area is 77.2 Å². The molecule has 1 N–H and O–H groups in total. The van der Waals surface area contributed by atoms with E-state index < -0.39 is 0 Å². The molecule has 1 unspecified atom stereocenters. The molecule has 0 radical (unpaired) electrons. The quantitative estimate of drug-likeness (QED) is 0.675. The molecule has 1 heteroatoms. The summed E-state index contributed by atoms with van der Waals surface area (Å²) in [6.07, 6.45) is 3.39. The molecule has 0 spiro atoms. The molecule has 0 aromatic heterocycles. The number of aliphatic hydroxyl groups is 1. The molecule has 0 rings (SSSR count). The van der Waals surface area contributed by atoms with Gasteiger partial charge in [-0.05, 0) is 24.7 Å². The molecule has 0 saturated carbocycles. The number of unbranched alkanes of at least 4 members (excludes halogenated alkanes) is 1. The van der Waals surface area contributed by atoms with Crippen LogP contribution in [-0.4, -0.2) is 11.2 Å². The van der Waals surface area contributed by atoms with Crippen LogP contribution in [0.1, 0.15) is 53.9 Å². The highest BCUT2D eigenvalue weighted by molar-refractivity contribution is 4.82. The van der Waals surface area contributed by atoms with E-state index in [1.807, 2.05) is 6.92 Å². The number of hydrogen-bond donors (Lipinski definition) is 1. The van der Waals surface area contributed by atoms with Crippen LogP contribution in [0.2, 0.25) is 0 Å². The van der Waals surface area contributed by atoms with Crippen LogP contribution >= 0.6 is 0 Å². The molecule has 0 fully saturated rings. The van der Waals surface area contributed by atoms with Crippen LogP contribution in [0.5, 0.6) is 0 Å². The van der Waals surface area contributed by atoms with Gasteiger partial charge >= 0.3 is 0 Å². The predicted octanol–water partition coefficient (Wildman–Crippen LogP) is 3.22. The summed E-state index contributed by atoms with van der Waals surface area (Å²) >= 11 is 0. The van der Waals surface area contributed by atoms with Crippen LogP contribution in [0.25, 0.3) is 0 Å². The van der Waals surface area contributed by atoms with Crippen molar-refractivity contribution in [2.24, 2.45) is 11.3 Å². The lowest BCUT2D eigenvalue weighted by atomic mass is 9.71. The summed E-state index contributed by atoms with van der Waals surface area (Å²) in [5, 5.41) is 9.67. The fourth-order valence-corrected chi connectivity index (χ4v) is 1.54. The number of aliphatic hydroxyl groups excluding tert-OH is 1. The van der Waals surface area contributed by atoms with Crippen molar-refractivity contribution in [1.29, 1.82) is 0 Å². The molecule has 2 atom stereocenters. The standard InChI is InChI=1S/C11H24O/c1-6-7-8-11(5,9(2)3)10(4)12/h9-10,12H,6-8H2,1-5H3/t10?,11-/m1/s1. The van der Waals surface area contributed by atoms with Crippen molar-refractivity contribution >= 4 is 0 Å². The van der Waals surface area contributed by atoms with Gasteiger partial charge in [0.05, 0.1) is 6.10 Å². The molecule has 0 aromatic rings. The maximum atomic E-state index is 9.67. The van der Waals surface area contributed by atoms with E-state index in [9.17, 15) is 5.11 Å². The van der Waals surface area contributed by atoms with Crippen LogP contribution in [-0.2, 0) is 0 Å². The molecule has 0 aliphatic rings.